The van der Waals surface area contributed by atoms with Crippen LogP contribution in [0.3, 0.4) is 0 Å². The summed E-state index contributed by atoms with van der Waals surface area (Å²) < 4.78 is 0. The van der Waals surface area contributed by atoms with Gasteiger partial charge in [0, 0.05) is 25.0 Å². The quantitative estimate of drug-likeness (QED) is 0.884. The minimum atomic E-state index is 0.319. The fraction of sp³-hybridized carbons (Fsp3) is 0.312. The van der Waals surface area contributed by atoms with Gasteiger partial charge in [-0.05, 0) is 38.0 Å². The zero-order valence-electron chi connectivity index (χ0n) is 11.3. The van der Waals surface area contributed by atoms with E-state index in [0.29, 0.717) is 6.04 Å². The molecule has 0 amide bonds. The lowest BCUT2D eigenvalue weighted by atomic mass is 10.1. The first-order valence-electron chi connectivity index (χ1n) is 6.35. The Morgan fingerprint density at radius 2 is 1.89 bits per heavy atom. The number of hydrogen-bond acceptors (Lipinski definition) is 2. The van der Waals surface area contributed by atoms with Crippen molar-refractivity contribution in [3.8, 4) is 0 Å². The molecule has 1 N–H and O–H groups in total. The van der Waals surface area contributed by atoms with Gasteiger partial charge in [0.1, 0.15) is 0 Å². The maximum atomic E-state index is 4.15. The smallest absolute Gasteiger partial charge is 0.0315 e. The van der Waals surface area contributed by atoms with E-state index in [0.717, 1.165) is 6.54 Å². The molecule has 1 atom stereocenters. The van der Waals surface area contributed by atoms with Gasteiger partial charge in [-0.25, -0.2) is 0 Å². The second kappa shape index (κ2) is 5.78. The summed E-state index contributed by atoms with van der Waals surface area (Å²) in [5, 5.41) is 3.53. The Morgan fingerprint density at radius 1 is 1.17 bits per heavy atom. The van der Waals surface area contributed by atoms with Crippen LogP contribution < -0.4 is 5.32 Å². The molecule has 2 heteroatoms. The van der Waals surface area contributed by atoms with Gasteiger partial charge >= 0.3 is 0 Å². The Kier molecular flexibility index (Phi) is 4.11. The topological polar surface area (TPSA) is 24.9 Å². The largest absolute Gasteiger partial charge is 0.306 e. The molecule has 0 aliphatic rings. The van der Waals surface area contributed by atoms with Crippen LogP contribution in [0.2, 0.25) is 0 Å². The number of aryl methyl sites for hydroxylation is 2. The second-order valence-electron chi connectivity index (χ2n) is 4.88. The first kappa shape index (κ1) is 12.8. The summed E-state index contributed by atoms with van der Waals surface area (Å²) in [7, 11) is 0. The van der Waals surface area contributed by atoms with E-state index in [1.807, 2.05) is 12.3 Å². The molecule has 18 heavy (non-hydrogen) atoms. The highest BCUT2D eigenvalue weighted by Crippen LogP contribution is 2.13. The van der Waals surface area contributed by atoms with Crippen LogP contribution in [0.5, 0.6) is 0 Å². The Labute approximate surface area is 109 Å². The van der Waals surface area contributed by atoms with Gasteiger partial charge in [-0.15, -0.1) is 0 Å². The van der Waals surface area contributed by atoms with Gasteiger partial charge in [-0.3, -0.25) is 4.98 Å². The molecule has 1 heterocycles. The summed E-state index contributed by atoms with van der Waals surface area (Å²) in [6.07, 6.45) is 3.72. The van der Waals surface area contributed by atoms with E-state index in [1.54, 1.807) is 6.20 Å². The number of benzene rings is 1. The van der Waals surface area contributed by atoms with Crippen LogP contribution in [0.4, 0.5) is 0 Å². The van der Waals surface area contributed by atoms with Crippen molar-refractivity contribution < 1.29 is 0 Å². The van der Waals surface area contributed by atoms with E-state index in [-0.39, 0.29) is 0 Å². The second-order valence-corrected chi connectivity index (χ2v) is 4.88. The Bertz CT molecular complexity index is 486. The number of nitrogens with one attached hydrogen (secondary N) is 1. The van der Waals surface area contributed by atoms with Gasteiger partial charge in [0.25, 0.3) is 0 Å². The Morgan fingerprint density at radius 3 is 2.50 bits per heavy atom. The molecule has 1 unspecified atom stereocenters. The van der Waals surface area contributed by atoms with E-state index in [1.165, 1.54) is 22.3 Å². The van der Waals surface area contributed by atoms with Crippen molar-refractivity contribution >= 4 is 0 Å². The number of nitrogens with zero attached hydrogens (tertiary/aromatic N) is 1. The highest BCUT2D eigenvalue weighted by Gasteiger charge is 2.04. The number of rotatable bonds is 4. The fourth-order valence-electron chi connectivity index (χ4n) is 2.19. The predicted molar refractivity (Wildman–Crippen MR) is 75.4 cm³/mol. The van der Waals surface area contributed by atoms with E-state index >= 15 is 0 Å². The lowest BCUT2D eigenvalue weighted by Gasteiger charge is -2.14. The normalized spacial score (nSPS) is 12.4. The molecule has 0 aliphatic carbocycles. The van der Waals surface area contributed by atoms with E-state index < -0.39 is 0 Å². The molecule has 2 aromatic rings. The van der Waals surface area contributed by atoms with Crippen molar-refractivity contribution in [2.45, 2.75) is 33.4 Å². The highest BCUT2D eigenvalue weighted by molar-refractivity contribution is 5.28. The van der Waals surface area contributed by atoms with Crippen molar-refractivity contribution in [2.24, 2.45) is 0 Å². The lowest BCUT2D eigenvalue weighted by Crippen LogP contribution is -2.18. The standard InChI is InChI=1S/C16H20N2/c1-12-7-13(2)9-15(8-12)10-18-14(3)16-5-4-6-17-11-16/h4-9,11,14,18H,10H2,1-3H3. The van der Waals surface area contributed by atoms with Crippen LogP contribution in [-0.2, 0) is 6.54 Å². The zero-order valence-corrected chi connectivity index (χ0v) is 11.3. The molecule has 94 valence electrons. The van der Waals surface area contributed by atoms with Gasteiger partial charge in [0.05, 0.1) is 0 Å². The summed E-state index contributed by atoms with van der Waals surface area (Å²) in [6.45, 7) is 7.33. The molecule has 1 aromatic carbocycles. The Hall–Kier alpha value is -1.67. The summed E-state index contributed by atoms with van der Waals surface area (Å²) in [5.41, 5.74) is 5.20. The number of pyridine rings is 1. The third-order valence-electron chi connectivity index (χ3n) is 3.08. The maximum absolute atomic E-state index is 4.15. The molecular formula is C16H20N2. The van der Waals surface area contributed by atoms with Gasteiger partial charge in [-0.2, -0.15) is 0 Å². The van der Waals surface area contributed by atoms with Crippen LogP contribution in [0.25, 0.3) is 0 Å². The molecule has 2 nitrogen and oxygen atoms in total. The molecule has 2 rings (SSSR count). The van der Waals surface area contributed by atoms with Crippen molar-refractivity contribution in [3.63, 3.8) is 0 Å². The number of hydrogen-bond donors (Lipinski definition) is 1. The monoisotopic (exact) mass is 240 g/mol. The first-order valence-corrected chi connectivity index (χ1v) is 6.35. The molecule has 0 bridgehead atoms. The van der Waals surface area contributed by atoms with Crippen LogP contribution in [0.1, 0.15) is 35.2 Å². The molecule has 0 spiro atoms. The summed E-state index contributed by atoms with van der Waals surface area (Å²) in [6, 6.07) is 11.1. The summed E-state index contributed by atoms with van der Waals surface area (Å²) in [4.78, 5) is 4.15. The third kappa shape index (κ3) is 3.41. The molecule has 0 fully saturated rings. The SMILES string of the molecule is Cc1cc(C)cc(CNC(C)c2cccnc2)c1. The zero-order chi connectivity index (χ0) is 13.0. The van der Waals surface area contributed by atoms with Crippen LogP contribution in [0, 0.1) is 13.8 Å². The van der Waals surface area contributed by atoms with Gasteiger partial charge < -0.3 is 5.32 Å². The van der Waals surface area contributed by atoms with Crippen molar-refractivity contribution in [1.82, 2.24) is 10.3 Å². The van der Waals surface area contributed by atoms with E-state index in [2.05, 4.69) is 55.3 Å². The highest BCUT2D eigenvalue weighted by atomic mass is 14.9. The van der Waals surface area contributed by atoms with Gasteiger partial charge in [0.2, 0.25) is 0 Å². The van der Waals surface area contributed by atoms with Crippen LogP contribution >= 0.6 is 0 Å². The first-order chi connectivity index (χ1) is 8.65. The average molecular weight is 240 g/mol. The predicted octanol–water partition coefficient (Wildman–Crippen LogP) is 3.55. The molecule has 0 saturated carbocycles. The molecule has 1 aromatic heterocycles. The maximum Gasteiger partial charge on any atom is 0.0315 e. The fourth-order valence-corrected chi connectivity index (χ4v) is 2.19. The average Bonchev–Trinajstić information content (AvgIpc) is 2.36. The van der Waals surface area contributed by atoms with E-state index in [9.17, 15) is 0 Å². The van der Waals surface area contributed by atoms with Gasteiger partial charge in [-0.1, -0.05) is 35.4 Å². The third-order valence-corrected chi connectivity index (χ3v) is 3.08. The molecule has 0 saturated heterocycles. The number of aromatic nitrogens is 1. The molecule has 0 radical (unpaired) electrons. The lowest BCUT2D eigenvalue weighted by molar-refractivity contribution is 0.573. The van der Waals surface area contributed by atoms with Gasteiger partial charge in [0.15, 0.2) is 0 Å². The van der Waals surface area contributed by atoms with Crippen LogP contribution in [-0.4, -0.2) is 4.98 Å². The minimum Gasteiger partial charge on any atom is -0.306 e. The summed E-state index contributed by atoms with van der Waals surface area (Å²) >= 11 is 0. The van der Waals surface area contributed by atoms with Crippen LogP contribution in [0.15, 0.2) is 42.7 Å². The summed E-state index contributed by atoms with van der Waals surface area (Å²) in [5.74, 6) is 0. The van der Waals surface area contributed by atoms with Crippen molar-refractivity contribution in [2.75, 3.05) is 0 Å². The Balaban J connectivity index is 1.99. The minimum absolute atomic E-state index is 0.319. The molecular weight excluding hydrogens is 220 g/mol. The van der Waals surface area contributed by atoms with Crippen molar-refractivity contribution in [3.05, 3.63) is 65.0 Å². The van der Waals surface area contributed by atoms with E-state index in [4.69, 9.17) is 0 Å². The van der Waals surface area contributed by atoms with Crippen molar-refractivity contribution in [1.29, 1.82) is 0 Å². The molecule has 0 aliphatic heterocycles.